The summed E-state index contributed by atoms with van der Waals surface area (Å²) < 4.78 is 5.87. The Bertz CT molecular complexity index is 454. The van der Waals surface area contributed by atoms with E-state index in [1.165, 1.54) is 37.7 Å². The van der Waals surface area contributed by atoms with Crippen LogP contribution in [0, 0.1) is 0 Å². The Kier molecular flexibility index (Phi) is 4.27. The predicted molar refractivity (Wildman–Crippen MR) is 80.1 cm³/mol. The van der Waals surface area contributed by atoms with Crippen LogP contribution < -0.4 is 10.1 Å². The molecule has 20 heavy (non-hydrogen) atoms. The molecule has 2 aliphatic rings. The summed E-state index contributed by atoms with van der Waals surface area (Å²) in [5.74, 6) is 0.860. The van der Waals surface area contributed by atoms with Crippen LogP contribution in [0.3, 0.4) is 0 Å². The molecule has 0 spiro atoms. The SMILES string of the molecule is CCc1ccc2c(c1)OC[C@@H](NC1CCCCC1)[C@H]2O. The van der Waals surface area contributed by atoms with Gasteiger partial charge in [-0.25, -0.2) is 0 Å². The molecule has 0 amide bonds. The van der Waals surface area contributed by atoms with E-state index in [2.05, 4.69) is 24.4 Å². The highest BCUT2D eigenvalue weighted by Crippen LogP contribution is 2.33. The molecule has 0 bridgehead atoms. The number of rotatable bonds is 3. The zero-order chi connectivity index (χ0) is 13.9. The lowest BCUT2D eigenvalue weighted by atomic mass is 9.92. The summed E-state index contributed by atoms with van der Waals surface area (Å²) in [5.41, 5.74) is 2.19. The number of benzene rings is 1. The number of hydrogen-bond donors (Lipinski definition) is 2. The molecule has 1 aromatic rings. The van der Waals surface area contributed by atoms with Crippen LogP contribution in [0.5, 0.6) is 5.75 Å². The molecule has 0 unspecified atom stereocenters. The van der Waals surface area contributed by atoms with Crippen molar-refractivity contribution < 1.29 is 9.84 Å². The van der Waals surface area contributed by atoms with Gasteiger partial charge in [0, 0.05) is 11.6 Å². The van der Waals surface area contributed by atoms with E-state index in [0.717, 1.165) is 17.7 Å². The number of aryl methyl sites for hydroxylation is 1. The van der Waals surface area contributed by atoms with Gasteiger partial charge in [-0.3, -0.25) is 0 Å². The minimum Gasteiger partial charge on any atom is -0.491 e. The first kappa shape index (κ1) is 13.9. The molecule has 2 N–H and O–H groups in total. The third-order valence-electron chi connectivity index (χ3n) is 4.66. The second-order valence-electron chi connectivity index (χ2n) is 6.09. The van der Waals surface area contributed by atoms with Gasteiger partial charge in [-0.1, -0.05) is 38.3 Å². The van der Waals surface area contributed by atoms with Gasteiger partial charge in [0.1, 0.15) is 18.5 Å². The molecule has 0 aromatic heterocycles. The molecule has 1 heterocycles. The first-order valence-electron chi connectivity index (χ1n) is 7.97. The van der Waals surface area contributed by atoms with Crippen LogP contribution in [0.25, 0.3) is 0 Å². The summed E-state index contributed by atoms with van der Waals surface area (Å²) in [6.07, 6.45) is 6.96. The molecule has 110 valence electrons. The predicted octanol–water partition coefficient (Wildman–Crippen LogP) is 2.97. The summed E-state index contributed by atoms with van der Waals surface area (Å²) in [4.78, 5) is 0. The van der Waals surface area contributed by atoms with Crippen molar-refractivity contribution in [3.63, 3.8) is 0 Å². The Morgan fingerprint density at radius 3 is 2.80 bits per heavy atom. The summed E-state index contributed by atoms with van der Waals surface area (Å²) in [7, 11) is 0. The standard InChI is InChI=1S/C17H25NO2/c1-2-12-8-9-14-16(10-12)20-11-15(17(14)19)18-13-6-4-3-5-7-13/h8-10,13,15,17-19H,2-7,11H2,1H3/t15-,17+/m1/s1. The Morgan fingerprint density at radius 2 is 2.05 bits per heavy atom. The average molecular weight is 275 g/mol. The molecule has 3 rings (SSSR count). The number of aliphatic hydroxyl groups is 1. The maximum Gasteiger partial charge on any atom is 0.125 e. The van der Waals surface area contributed by atoms with Crippen molar-refractivity contribution >= 4 is 0 Å². The first-order valence-corrected chi connectivity index (χ1v) is 7.97. The minimum absolute atomic E-state index is 0.0260. The van der Waals surface area contributed by atoms with E-state index in [0.29, 0.717) is 12.6 Å². The molecule has 0 radical (unpaired) electrons. The smallest absolute Gasteiger partial charge is 0.125 e. The number of hydrogen-bond acceptors (Lipinski definition) is 3. The maximum absolute atomic E-state index is 10.6. The van der Waals surface area contributed by atoms with E-state index in [1.54, 1.807) is 0 Å². The molecule has 1 fully saturated rings. The summed E-state index contributed by atoms with van der Waals surface area (Å²) in [6, 6.07) is 6.75. The van der Waals surface area contributed by atoms with E-state index >= 15 is 0 Å². The van der Waals surface area contributed by atoms with Crippen LogP contribution in [0.15, 0.2) is 18.2 Å². The van der Waals surface area contributed by atoms with Gasteiger partial charge in [0.05, 0.1) is 6.04 Å². The first-order chi connectivity index (χ1) is 9.78. The van der Waals surface area contributed by atoms with Gasteiger partial charge < -0.3 is 15.2 Å². The van der Waals surface area contributed by atoms with Crippen LogP contribution >= 0.6 is 0 Å². The average Bonchev–Trinajstić information content (AvgIpc) is 2.51. The molecular formula is C17H25NO2. The zero-order valence-corrected chi connectivity index (χ0v) is 12.3. The fraction of sp³-hybridized carbons (Fsp3) is 0.647. The van der Waals surface area contributed by atoms with Crippen LogP contribution in [-0.4, -0.2) is 23.8 Å². The molecule has 3 nitrogen and oxygen atoms in total. The molecular weight excluding hydrogens is 250 g/mol. The number of fused-ring (bicyclic) bond motifs is 1. The van der Waals surface area contributed by atoms with E-state index in [4.69, 9.17) is 4.74 Å². The molecule has 1 saturated carbocycles. The monoisotopic (exact) mass is 275 g/mol. The lowest BCUT2D eigenvalue weighted by Gasteiger charge is -2.35. The highest BCUT2D eigenvalue weighted by molar-refractivity contribution is 5.41. The van der Waals surface area contributed by atoms with Crippen molar-refractivity contribution in [1.29, 1.82) is 0 Å². The highest BCUT2D eigenvalue weighted by Gasteiger charge is 2.31. The van der Waals surface area contributed by atoms with Crippen molar-refractivity contribution in [2.45, 2.75) is 63.6 Å². The number of aliphatic hydroxyl groups excluding tert-OH is 1. The van der Waals surface area contributed by atoms with Gasteiger partial charge >= 0.3 is 0 Å². The molecule has 1 aliphatic heterocycles. The van der Waals surface area contributed by atoms with E-state index < -0.39 is 6.10 Å². The lowest BCUT2D eigenvalue weighted by Crippen LogP contribution is -2.48. The highest BCUT2D eigenvalue weighted by atomic mass is 16.5. The van der Waals surface area contributed by atoms with Gasteiger partial charge in [-0.05, 0) is 30.9 Å². The Balaban J connectivity index is 1.70. The van der Waals surface area contributed by atoms with Gasteiger partial charge in [0.15, 0.2) is 0 Å². The number of nitrogens with one attached hydrogen (secondary N) is 1. The van der Waals surface area contributed by atoms with Gasteiger partial charge in [0.2, 0.25) is 0 Å². The zero-order valence-electron chi connectivity index (χ0n) is 12.3. The van der Waals surface area contributed by atoms with Gasteiger partial charge in [-0.2, -0.15) is 0 Å². The van der Waals surface area contributed by atoms with E-state index in [-0.39, 0.29) is 6.04 Å². The van der Waals surface area contributed by atoms with Crippen LogP contribution in [0.1, 0.15) is 56.3 Å². The second kappa shape index (κ2) is 6.15. The number of ether oxygens (including phenoxy) is 1. The summed E-state index contributed by atoms with van der Waals surface area (Å²) in [6.45, 7) is 2.70. The van der Waals surface area contributed by atoms with Crippen molar-refractivity contribution in [3.05, 3.63) is 29.3 Å². The van der Waals surface area contributed by atoms with Crippen molar-refractivity contribution in [2.24, 2.45) is 0 Å². The molecule has 3 heteroatoms. The molecule has 1 aliphatic carbocycles. The maximum atomic E-state index is 10.6. The Morgan fingerprint density at radius 1 is 1.25 bits per heavy atom. The van der Waals surface area contributed by atoms with E-state index in [1.807, 2.05) is 6.07 Å². The summed E-state index contributed by atoms with van der Waals surface area (Å²) >= 11 is 0. The Labute approximate surface area is 121 Å². The lowest BCUT2D eigenvalue weighted by molar-refractivity contribution is 0.0643. The molecule has 1 aromatic carbocycles. The van der Waals surface area contributed by atoms with E-state index in [9.17, 15) is 5.11 Å². The molecule has 2 atom stereocenters. The van der Waals surface area contributed by atoms with Crippen LogP contribution in [0.4, 0.5) is 0 Å². The quantitative estimate of drug-likeness (QED) is 0.891. The molecule has 0 saturated heterocycles. The normalized spacial score (nSPS) is 26.9. The minimum atomic E-state index is -0.452. The van der Waals surface area contributed by atoms with Gasteiger partial charge in [-0.15, -0.1) is 0 Å². The largest absolute Gasteiger partial charge is 0.491 e. The Hall–Kier alpha value is -1.06. The topological polar surface area (TPSA) is 41.5 Å². The second-order valence-corrected chi connectivity index (χ2v) is 6.09. The fourth-order valence-corrected chi connectivity index (χ4v) is 3.37. The fourth-order valence-electron chi connectivity index (χ4n) is 3.37. The third-order valence-corrected chi connectivity index (χ3v) is 4.66. The van der Waals surface area contributed by atoms with Gasteiger partial charge in [0.25, 0.3) is 0 Å². The van der Waals surface area contributed by atoms with Crippen molar-refractivity contribution in [1.82, 2.24) is 5.32 Å². The summed E-state index contributed by atoms with van der Waals surface area (Å²) in [5, 5.41) is 14.2. The van der Waals surface area contributed by atoms with Crippen LogP contribution in [0.2, 0.25) is 0 Å². The van der Waals surface area contributed by atoms with Crippen molar-refractivity contribution in [2.75, 3.05) is 6.61 Å². The van der Waals surface area contributed by atoms with Crippen LogP contribution in [-0.2, 0) is 6.42 Å². The van der Waals surface area contributed by atoms with Crippen molar-refractivity contribution in [3.8, 4) is 5.75 Å². The third kappa shape index (κ3) is 2.84.